The van der Waals surface area contributed by atoms with E-state index in [9.17, 15) is 13.2 Å². The molecule has 2 saturated heterocycles. The Kier molecular flexibility index (Phi) is 6.76. The molecular weight excluding hydrogens is 419 g/mol. The maximum Gasteiger partial charge on any atom is 0.419 e. The summed E-state index contributed by atoms with van der Waals surface area (Å²) in [5.41, 5.74) is 5.15. The summed E-state index contributed by atoms with van der Waals surface area (Å²) >= 11 is 0. The van der Waals surface area contributed by atoms with Crippen LogP contribution in [0.3, 0.4) is 0 Å². The van der Waals surface area contributed by atoms with Crippen LogP contribution in [0.2, 0.25) is 0 Å². The molecular formula is C23H32F3N5O. The van der Waals surface area contributed by atoms with Crippen molar-refractivity contribution in [3.05, 3.63) is 30.1 Å². The summed E-state index contributed by atoms with van der Waals surface area (Å²) in [5, 5.41) is 4.28. The van der Waals surface area contributed by atoms with Crippen LogP contribution in [-0.4, -0.2) is 52.0 Å². The van der Waals surface area contributed by atoms with E-state index in [-0.39, 0.29) is 0 Å². The second-order valence-electron chi connectivity index (χ2n) is 8.92. The van der Waals surface area contributed by atoms with Crippen LogP contribution in [0.4, 0.5) is 19.0 Å². The zero-order valence-corrected chi connectivity index (χ0v) is 18.7. The first kappa shape index (κ1) is 23.0. The Morgan fingerprint density at radius 1 is 1.16 bits per heavy atom. The highest BCUT2D eigenvalue weighted by Gasteiger charge is 2.47. The number of aromatic nitrogens is 3. The highest BCUT2D eigenvalue weighted by molar-refractivity contribution is 5.61. The predicted octanol–water partition coefficient (Wildman–Crippen LogP) is 4.32. The Bertz CT molecular complexity index is 897. The smallest absolute Gasteiger partial charge is 0.383 e. The summed E-state index contributed by atoms with van der Waals surface area (Å²) in [6.07, 6.45) is 2.48. The molecule has 2 aromatic rings. The van der Waals surface area contributed by atoms with Crippen molar-refractivity contribution in [2.45, 2.75) is 51.9 Å². The van der Waals surface area contributed by atoms with Crippen molar-refractivity contribution in [3.63, 3.8) is 0 Å². The Morgan fingerprint density at radius 3 is 2.41 bits per heavy atom. The quantitative estimate of drug-likeness (QED) is 0.750. The predicted molar refractivity (Wildman–Crippen MR) is 117 cm³/mol. The monoisotopic (exact) mass is 451 g/mol. The standard InChI is InChI=1S/C13H13F3N4.C8H13NO.C2H6/c14-13(15,16)10-5-9(6-18-12(10)17)11-3-4-20(19-11)7-8-1-2-8;1-6-2-9(3-7(1)6)8-4-10-5-8;1-2/h3-6,8H,1-2,7H2,(H2,17,18);6-8H,1-5H2;1-2H3. The number of piperidine rings is 1. The molecule has 32 heavy (non-hydrogen) atoms. The number of likely N-dealkylation sites (tertiary alicyclic amines) is 1. The highest BCUT2D eigenvalue weighted by Crippen LogP contribution is 2.46. The van der Waals surface area contributed by atoms with Gasteiger partial charge in [0.05, 0.1) is 30.5 Å². The van der Waals surface area contributed by atoms with Crippen LogP contribution in [0.25, 0.3) is 11.3 Å². The fraction of sp³-hybridized carbons (Fsp3) is 0.652. The molecule has 6 rings (SSSR count). The number of rotatable bonds is 4. The number of nitrogen functional groups attached to an aromatic ring is 1. The van der Waals surface area contributed by atoms with Crippen LogP contribution in [0, 0.1) is 17.8 Å². The molecule has 176 valence electrons. The number of hydrogen-bond donors (Lipinski definition) is 1. The molecule has 0 spiro atoms. The molecule has 0 aromatic carbocycles. The van der Waals surface area contributed by atoms with Gasteiger partial charge in [-0.15, -0.1) is 0 Å². The van der Waals surface area contributed by atoms with Gasteiger partial charge in [-0.1, -0.05) is 13.8 Å². The van der Waals surface area contributed by atoms with E-state index in [0.717, 1.165) is 43.7 Å². The first-order valence-electron chi connectivity index (χ1n) is 11.5. The largest absolute Gasteiger partial charge is 0.419 e. The van der Waals surface area contributed by atoms with Crippen molar-refractivity contribution in [2.75, 3.05) is 32.0 Å². The molecule has 4 fully saturated rings. The van der Waals surface area contributed by atoms with Crippen molar-refractivity contribution in [1.82, 2.24) is 19.7 Å². The van der Waals surface area contributed by atoms with Gasteiger partial charge in [0.15, 0.2) is 0 Å². The van der Waals surface area contributed by atoms with Gasteiger partial charge in [0, 0.05) is 37.6 Å². The first-order chi connectivity index (χ1) is 15.4. The number of anilines is 1. The van der Waals surface area contributed by atoms with Crippen LogP contribution in [-0.2, 0) is 17.5 Å². The summed E-state index contributed by atoms with van der Waals surface area (Å²) in [5.74, 6) is 2.30. The maximum absolute atomic E-state index is 12.8. The van der Waals surface area contributed by atoms with E-state index in [1.54, 1.807) is 16.9 Å². The van der Waals surface area contributed by atoms with Crippen LogP contribution >= 0.6 is 0 Å². The molecule has 2 saturated carbocycles. The van der Waals surface area contributed by atoms with Gasteiger partial charge >= 0.3 is 6.18 Å². The Labute approximate surface area is 186 Å². The second-order valence-corrected chi connectivity index (χ2v) is 8.92. The van der Waals surface area contributed by atoms with Crippen molar-refractivity contribution in [3.8, 4) is 11.3 Å². The molecule has 2 aliphatic heterocycles. The highest BCUT2D eigenvalue weighted by atomic mass is 19.4. The molecule has 2 atom stereocenters. The molecule has 2 unspecified atom stereocenters. The minimum atomic E-state index is -4.51. The average Bonchev–Trinajstić information content (AvgIpc) is 3.59. The van der Waals surface area contributed by atoms with Crippen LogP contribution < -0.4 is 5.73 Å². The number of nitrogens with two attached hydrogens (primary N) is 1. The number of pyridine rings is 1. The minimum Gasteiger partial charge on any atom is -0.383 e. The number of alkyl halides is 3. The number of nitrogens with zero attached hydrogens (tertiary/aromatic N) is 4. The number of hydrogen-bond acceptors (Lipinski definition) is 5. The third-order valence-electron chi connectivity index (χ3n) is 6.45. The van der Waals surface area contributed by atoms with E-state index in [1.807, 2.05) is 13.8 Å². The third kappa shape index (κ3) is 5.43. The van der Waals surface area contributed by atoms with Crippen molar-refractivity contribution < 1.29 is 17.9 Å². The fourth-order valence-electron chi connectivity index (χ4n) is 4.19. The Morgan fingerprint density at radius 2 is 1.84 bits per heavy atom. The lowest BCUT2D eigenvalue weighted by Gasteiger charge is -2.35. The van der Waals surface area contributed by atoms with Gasteiger partial charge in [-0.25, -0.2) is 4.98 Å². The van der Waals surface area contributed by atoms with Gasteiger partial charge in [-0.2, -0.15) is 18.3 Å². The molecule has 0 radical (unpaired) electrons. The minimum absolute atomic E-state index is 0.320. The van der Waals surface area contributed by atoms with Crippen molar-refractivity contribution >= 4 is 5.82 Å². The molecule has 2 N–H and O–H groups in total. The summed E-state index contributed by atoms with van der Waals surface area (Å²) in [6.45, 7) is 9.56. The fourth-order valence-corrected chi connectivity index (χ4v) is 4.19. The van der Waals surface area contributed by atoms with Crippen LogP contribution in [0.5, 0.6) is 0 Å². The van der Waals surface area contributed by atoms with Gasteiger partial charge in [0.1, 0.15) is 5.82 Å². The normalized spacial score (nSPS) is 24.5. The number of ether oxygens (including phenoxy) is 1. The third-order valence-corrected chi connectivity index (χ3v) is 6.45. The van der Waals surface area contributed by atoms with Gasteiger partial charge in [-0.3, -0.25) is 9.58 Å². The molecule has 2 aliphatic carbocycles. The lowest BCUT2D eigenvalue weighted by Crippen LogP contribution is -2.48. The van der Waals surface area contributed by atoms with Gasteiger partial charge in [0.25, 0.3) is 0 Å². The molecule has 4 heterocycles. The van der Waals surface area contributed by atoms with Crippen molar-refractivity contribution in [2.24, 2.45) is 17.8 Å². The van der Waals surface area contributed by atoms with E-state index in [1.165, 1.54) is 38.5 Å². The second kappa shape index (κ2) is 9.39. The first-order valence-corrected chi connectivity index (χ1v) is 11.5. The molecule has 2 aromatic heterocycles. The molecule has 4 aliphatic rings. The number of halogens is 3. The van der Waals surface area contributed by atoms with Gasteiger partial charge < -0.3 is 10.5 Å². The SMILES string of the molecule is C1C2CN(C3COC3)CC12.CC.Nc1ncc(-c2ccn(CC3CC3)n2)cc1C(F)(F)F. The van der Waals surface area contributed by atoms with E-state index in [4.69, 9.17) is 10.5 Å². The van der Waals surface area contributed by atoms with Gasteiger partial charge in [-0.05, 0) is 49.1 Å². The lowest BCUT2D eigenvalue weighted by molar-refractivity contribution is -0.137. The molecule has 0 amide bonds. The Hall–Kier alpha value is -2.13. The Balaban J connectivity index is 0.000000169. The van der Waals surface area contributed by atoms with Crippen LogP contribution in [0.15, 0.2) is 24.5 Å². The summed E-state index contributed by atoms with van der Waals surface area (Å²) in [4.78, 5) is 6.23. The van der Waals surface area contributed by atoms with E-state index >= 15 is 0 Å². The molecule has 6 nitrogen and oxygen atoms in total. The summed E-state index contributed by atoms with van der Waals surface area (Å²) in [6, 6.07) is 3.48. The number of fused-ring (bicyclic) bond motifs is 1. The van der Waals surface area contributed by atoms with E-state index < -0.39 is 17.6 Å². The summed E-state index contributed by atoms with van der Waals surface area (Å²) < 4.78 is 45.3. The zero-order chi connectivity index (χ0) is 22.9. The summed E-state index contributed by atoms with van der Waals surface area (Å²) in [7, 11) is 0. The zero-order valence-electron chi connectivity index (χ0n) is 18.7. The van der Waals surface area contributed by atoms with E-state index in [0.29, 0.717) is 17.2 Å². The van der Waals surface area contributed by atoms with Crippen LogP contribution in [0.1, 0.15) is 38.7 Å². The van der Waals surface area contributed by atoms with E-state index in [2.05, 4.69) is 15.0 Å². The average molecular weight is 452 g/mol. The topological polar surface area (TPSA) is 69.2 Å². The molecule has 9 heteroatoms. The lowest BCUT2D eigenvalue weighted by atomic mass is 10.1. The van der Waals surface area contributed by atoms with Gasteiger partial charge in [0.2, 0.25) is 0 Å². The van der Waals surface area contributed by atoms with Crippen molar-refractivity contribution in [1.29, 1.82) is 0 Å². The molecule has 0 bridgehead atoms. The maximum atomic E-state index is 12.8.